The monoisotopic (exact) mass is 345 g/mol. The molecule has 1 amide bonds. The fraction of sp³-hybridized carbons (Fsp3) is 0.571. The number of nitrogens with zero attached hydrogens (tertiary/aromatic N) is 1. The van der Waals surface area contributed by atoms with Crippen LogP contribution in [0.4, 0.5) is 0 Å². The first-order chi connectivity index (χ1) is 11.3. The topological polar surface area (TPSA) is 49.8 Å². The molecular weight excluding hydrogens is 314 g/mol. The Morgan fingerprint density at radius 1 is 1.08 bits per heavy atom. The molecule has 1 aromatic carbocycles. The molecule has 1 aliphatic rings. The van der Waals surface area contributed by atoms with Crippen LogP contribution in [0.25, 0.3) is 6.08 Å². The summed E-state index contributed by atoms with van der Waals surface area (Å²) in [6.45, 7) is 16.6. The molecule has 0 bridgehead atoms. The van der Waals surface area contributed by atoms with Crippen LogP contribution in [-0.2, 0) is 20.5 Å². The highest BCUT2D eigenvalue weighted by atomic mass is 16.7. The quantitative estimate of drug-likeness (QED) is 0.800. The third-order valence-electron chi connectivity index (χ3n) is 4.39. The van der Waals surface area contributed by atoms with Crippen LogP contribution in [0.1, 0.15) is 72.1 Å². The molecule has 25 heavy (non-hydrogen) atoms. The van der Waals surface area contributed by atoms with E-state index in [-0.39, 0.29) is 29.4 Å². The second-order valence-electron chi connectivity index (χ2n) is 9.13. The molecule has 1 heterocycles. The summed E-state index contributed by atoms with van der Waals surface area (Å²) in [7, 11) is 0. The minimum Gasteiger partial charge on any atom is -0.507 e. The van der Waals surface area contributed by atoms with Gasteiger partial charge in [0, 0.05) is 16.7 Å². The van der Waals surface area contributed by atoms with Gasteiger partial charge in [0.2, 0.25) is 0 Å². The number of carbonyl (C=O) groups is 1. The average molecular weight is 345 g/mol. The van der Waals surface area contributed by atoms with Crippen molar-refractivity contribution in [2.45, 2.75) is 72.3 Å². The standard InChI is InChI=1S/C21H31NO3/c1-13(2)22-19(24)15(12-25-22)9-14-10-16(20(3,4)5)18(23)17(11-14)21(6,7)8/h9-11,13,23H,12H2,1-8H3/b15-9+. The lowest BCUT2D eigenvalue weighted by molar-refractivity contribution is -0.170. The molecule has 138 valence electrons. The van der Waals surface area contributed by atoms with Gasteiger partial charge in [-0.05, 0) is 48.4 Å². The van der Waals surface area contributed by atoms with E-state index in [4.69, 9.17) is 4.84 Å². The molecule has 1 fully saturated rings. The minimum atomic E-state index is -0.196. The van der Waals surface area contributed by atoms with Crippen LogP contribution < -0.4 is 0 Å². The maximum atomic E-state index is 12.5. The zero-order chi connectivity index (χ0) is 19.2. The maximum Gasteiger partial charge on any atom is 0.276 e. The van der Waals surface area contributed by atoms with Crippen LogP contribution in [-0.4, -0.2) is 28.7 Å². The summed E-state index contributed by atoms with van der Waals surface area (Å²) in [5, 5.41) is 12.2. The predicted molar refractivity (Wildman–Crippen MR) is 101 cm³/mol. The number of hydrogen-bond donors (Lipinski definition) is 1. The molecule has 1 saturated heterocycles. The van der Waals surface area contributed by atoms with E-state index in [1.54, 1.807) is 0 Å². The summed E-state index contributed by atoms with van der Waals surface area (Å²) in [4.78, 5) is 18.0. The van der Waals surface area contributed by atoms with Crippen molar-refractivity contribution >= 4 is 12.0 Å². The lowest BCUT2D eigenvalue weighted by Crippen LogP contribution is -2.30. The Bertz CT molecular complexity index is 668. The van der Waals surface area contributed by atoms with Crippen molar-refractivity contribution in [3.63, 3.8) is 0 Å². The van der Waals surface area contributed by atoms with Gasteiger partial charge in [0.1, 0.15) is 12.4 Å². The molecule has 0 unspecified atom stereocenters. The van der Waals surface area contributed by atoms with Crippen LogP contribution >= 0.6 is 0 Å². The highest BCUT2D eigenvalue weighted by Gasteiger charge is 2.30. The highest BCUT2D eigenvalue weighted by Crippen LogP contribution is 2.40. The largest absolute Gasteiger partial charge is 0.507 e. The van der Waals surface area contributed by atoms with E-state index in [0.29, 0.717) is 11.3 Å². The first-order valence-corrected chi connectivity index (χ1v) is 8.87. The average Bonchev–Trinajstić information content (AvgIpc) is 2.79. The predicted octanol–water partition coefficient (Wildman–Crippen LogP) is 4.55. The summed E-state index contributed by atoms with van der Waals surface area (Å²) >= 11 is 0. The van der Waals surface area contributed by atoms with Crippen molar-refractivity contribution in [1.82, 2.24) is 5.06 Å². The molecule has 1 aliphatic heterocycles. The smallest absolute Gasteiger partial charge is 0.276 e. The van der Waals surface area contributed by atoms with E-state index in [1.807, 2.05) is 32.1 Å². The third kappa shape index (κ3) is 4.06. The van der Waals surface area contributed by atoms with Crippen LogP contribution in [0.2, 0.25) is 0 Å². The number of aromatic hydroxyl groups is 1. The van der Waals surface area contributed by atoms with Crippen molar-refractivity contribution in [2.75, 3.05) is 6.61 Å². The Labute approximate surface area is 151 Å². The molecule has 0 aliphatic carbocycles. The van der Waals surface area contributed by atoms with Gasteiger partial charge in [-0.2, -0.15) is 0 Å². The molecule has 2 rings (SSSR count). The van der Waals surface area contributed by atoms with Crippen LogP contribution in [0, 0.1) is 0 Å². The molecule has 4 heteroatoms. The molecule has 1 aromatic rings. The first kappa shape index (κ1) is 19.5. The maximum absolute atomic E-state index is 12.5. The van der Waals surface area contributed by atoms with E-state index in [9.17, 15) is 9.90 Å². The van der Waals surface area contributed by atoms with Gasteiger partial charge in [-0.15, -0.1) is 0 Å². The number of phenolic OH excluding ortho intramolecular Hbond substituents is 1. The number of hydrogen-bond acceptors (Lipinski definition) is 3. The SMILES string of the molecule is CC(C)N1OC/C(=C\c2cc(C(C)(C)C)c(O)c(C(C)(C)C)c2)C1=O. The van der Waals surface area contributed by atoms with Gasteiger partial charge in [-0.3, -0.25) is 9.63 Å². The molecule has 0 atom stereocenters. The highest BCUT2D eigenvalue weighted by molar-refractivity contribution is 5.99. The van der Waals surface area contributed by atoms with Crippen molar-refractivity contribution in [3.05, 3.63) is 34.4 Å². The molecular formula is C21H31NO3. The summed E-state index contributed by atoms with van der Waals surface area (Å²) in [5.74, 6) is 0.262. The van der Waals surface area contributed by atoms with Gasteiger partial charge in [0.05, 0.1) is 6.04 Å². The first-order valence-electron chi connectivity index (χ1n) is 8.87. The van der Waals surface area contributed by atoms with Crippen LogP contribution in [0.15, 0.2) is 17.7 Å². The van der Waals surface area contributed by atoms with Gasteiger partial charge in [-0.25, -0.2) is 5.06 Å². The van der Waals surface area contributed by atoms with E-state index in [0.717, 1.165) is 16.7 Å². The van der Waals surface area contributed by atoms with Crippen molar-refractivity contribution in [1.29, 1.82) is 0 Å². The summed E-state index contributed by atoms with van der Waals surface area (Å²) in [6.07, 6.45) is 1.88. The van der Waals surface area contributed by atoms with Gasteiger partial charge < -0.3 is 5.11 Å². The second-order valence-corrected chi connectivity index (χ2v) is 9.13. The van der Waals surface area contributed by atoms with Crippen molar-refractivity contribution in [3.8, 4) is 5.75 Å². The van der Waals surface area contributed by atoms with Gasteiger partial charge in [0.15, 0.2) is 0 Å². The Morgan fingerprint density at radius 3 is 1.92 bits per heavy atom. The fourth-order valence-corrected chi connectivity index (χ4v) is 2.97. The lowest BCUT2D eigenvalue weighted by Gasteiger charge is -2.28. The summed E-state index contributed by atoms with van der Waals surface area (Å²) in [6, 6.07) is 3.96. The number of benzene rings is 1. The molecule has 1 N–H and O–H groups in total. The van der Waals surface area contributed by atoms with Crippen molar-refractivity contribution in [2.24, 2.45) is 0 Å². The number of hydroxylamine groups is 2. The Hall–Kier alpha value is -1.81. The lowest BCUT2D eigenvalue weighted by atomic mass is 9.78. The molecule has 0 radical (unpaired) electrons. The number of carbonyl (C=O) groups excluding carboxylic acids is 1. The zero-order valence-electron chi connectivity index (χ0n) is 16.7. The van der Waals surface area contributed by atoms with E-state index in [1.165, 1.54) is 5.06 Å². The second kappa shape index (κ2) is 6.49. The van der Waals surface area contributed by atoms with Gasteiger partial charge >= 0.3 is 0 Å². The zero-order valence-corrected chi connectivity index (χ0v) is 16.7. The molecule has 0 aromatic heterocycles. The molecule has 0 saturated carbocycles. The molecule has 0 spiro atoms. The Morgan fingerprint density at radius 2 is 1.56 bits per heavy atom. The van der Waals surface area contributed by atoms with Crippen molar-refractivity contribution < 1.29 is 14.7 Å². The Balaban J connectivity index is 2.56. The van der Waals surface area contributed by atoms with E-state index < -0.39 is 0 Å². The third-order valence-corrected chi connectivity index (χ3v) is 4.39. The fourth-order valence-electron chi connectivity index (χ4n) is 2.97. The van der Waals surface area contributed by atoms with Crippen LogP contribution in [0.3, 0.4) is 0 Å². The summed E-state index contributed by atoms with van der Waals surface area (Å²) in [5.41, 5.74) is 2.94. The normalized spacial score (nSPS) is 17.9. The molecule has 4 nitrogen and oxygen atoms in total. The minimum absolute atomic E-state index is 0.00786. The number of rotatable bonds is 2. The number of amides is 1. The number of phenols is 1. The van der Waals surface area contributed by atoms with E-state index in [2.05, 4.69) is 41.5 Å². The Kier molecular flexibility index (Phi) is 5.06. The van der Waals surface area contributed by atoms with Gasteiger partial charge in [0.25, 0.3) is 5.91 Å². The summed E-state index contributed by atoms with van der Waals surface area (Å²) < 4.78 is 0. The van der Waals surface area contributed by atoms with Gasteiger partial charge in [-0.1, -0.05) is 41.5 Å². The van der Waals surface area contributed by atoms with E-state index >= 15 is 0 Å². The van der Waals surface area contributed by atoms with Crippen LogP contribution in [0.5, 0.6) is 5.75 Å².